The number of rotatable bonds is 10. The van der Waals surface area contributed by atoms with E-state index >= 15 is 0 Å². The van der Waals surface area contributed by atoms with Gasteiger partial charge in [-0.15, -0.1) is 0 Å². The van der Waals surface area contributed by atoms with Gasteiger partial charge in [-0.2, -0.15) is 0 Å². The molecule has 4 rings (SSSR count). The number of nitrogens with two attached hydrogens (primary N) is 1. The van der Waals surface area contributed by atoms with Crippen LogP contribution < -0.4 is 21.1 Å². The second kappa shape index (κ2) is 13.2. The summed E-state index contributed by atoms with van der Waals surface area (Å²) in [6.07, 6.45) is 3.12. The van der Waals surface area contributed by atoms with Crippen LogP contribution in [0, 0.1) is 5.92 Å². The number of ether oxygens (including phenoxy) is 2. The number of nitrogens with one attached hydrogen (secondary N) is 2. The van der Waals surface area contributed by atoms with Crippen molar-refractivity contribution in [3.05, 3.63) is 103 Å². The van der Waals surface area contributed by atoms with Crippen LogP contribution in [0.4, 0.5) is 21.9 Å². The average Bonchev–Trinajstić information content (AvgIpc) is 2.95. The first-order valence-electron chi connectivity index (χ1n) is 13.0. The van der Waals surface area contributed by atoms with Gasteiger partial charge in [-0.05, 0) is 66.1 Å². The standard InChI is InChI=1S/C32H33N3O5/c1-21(10-3-8-17-30(37)34-27-15-7-6-14-25(27)33)31(23-18-19-29(39-2)28(36)20-23)40-32(38)35-26-16-9-12-22-11-4-5-13-24(22)26/h4-9,11-21,31,36H,3,10,33H2,1-2H3,(H,34,37)(H,35,38)/b17-8+/t21-,31+/m1/s1. The lowest BCUT2D eigenvalue weighted by atomic mass is 9.92. The molecule has 0 aliphatic heterocycles. The Morgan fingerprint density at radius 1 is 0.950 bits per heavy atom. The SMILES string of the molecule is COc1ccc([C@@H](OC(=O)Nc2cccc3ccccc23)[C@H](C)CC/C=C/C(=O)Nc2ccccc2N)cc1O. The second-order valence-corrected chi connectivity index (χ2v) is 9.44. The molecule has 0 aliphatic rings. The number of allylic oxidation sites excluding steroid dienone is 1. The van der Waals surface area contributed by atoms with Crippen LogP contribution in [-0.2, 0) is 9.53 Å². The Hall–Kier alpha value is -4.98. The number of carbonyl (C=O) groups excluding carboxylic acids is 2. The highest BCUT2D eigenvalue weighted by Crippen LogP contribution is 2.35. The minimum Gasteiger partial charge on any atom is -0.504 e. The molecule has 0 bridgehead atoms. The van der Waals surface area contributed by atoms with E-state index in [1.165, 1.54) is 13.2 Å². The zero-order valence-corrected chi connectivity index (χ0v) is 22.5. The molecule has 2 amide bonds. The van der Waals surface area contributed by atoms with Gasteiger partial charge in [-0.3, -0.25) is 10.1 Å². The third kappa shape index (κ3) is 7.11. The molecule has 0 saturated carbocycles. The minimum atomic E-state index is -0.668. The molecule has 0 fully saturated rings. The van der Waals surface area contributed by atoms with E-state index in [1.54, 1.807) is 48.5 Å². The quantitative estimate of drug-likeness (QED) is 0.127. The highest BCUT2D eigenvalue weighted by Gasteiger charge is 2.25. The second-order valence-electron chi connectivity index (χ2n) is 9.44. The molecule has 5 N–H and O–H groups in total. The Bertz CT molecular complexity index is 1510. The van der Waals surface area contributed by atoms with Crippen LogP contribution in [0.25, 0.3) is 10.8 Å². The number of benzene rings is 4. The smallest absolute Gasteiger partial charge is 0.412 e. The number of phenols is 1. The molecule has 4 aromatic carbocycles. The fraction of sp³-hybridized carbons (Fsp3) is 0.188. The van der Waals surface area contributed by atoms with E-state index in [9.17, 15) is 14.7 Å². The van der Waals surface area contributed by atoms with Crippen molar-refractivity contribution in [2.75, 3.05) is 23.5 Å². The van der Waals surface area contributed by atoms with Crippen molar-refractivity contribution < 1.29 is 24.2 Å². The third-order valence-electron chi connectivity index (χ3n) is 6.59. The van der Waals surface area contributed by atoms with Crippen molar-refractivity contribution in [3.8, 4) is 11.5 Å². The summed E-state index contributed by atoms with van der Waals surface area (Å²) in [5, 5.41) is 17.9. The van der Waals surface area contributed by atoms with Gasteiger partial charge in [0.15, 0.2) is 11.5 Å². The summed E-state index contributed by atoms with van der Waals surface area (Å²) in [5.41, 5.74) is 8.19. The Morgan fingerprint density at radius 3 is 2.45 bits per heavy atom. The number of aromatic hydroxyl groups is 1. The predicted molar refractivity (Wildman–Crippen MR) is 158 cm³/mol. The van der Waals surface area contributed by atoms with Gasteiger partial charge >= 0.3 is 6.09 Å². The molecule has 0 heterocycles. The van der Waals surface area contributed by atoms with Crippen LogP contribution in [0.3, 0.4) is 0 Å². The molecular formula is C32H33N3O5. The maximum atomic E-state index is 13.1. The van der Waals surface area contributed by atoms with Crippen molar-refractivity contribution in [2.24, 2.45) is 5.92 Å². The first-order valence-corrected chi connectivity index (χ1v) is 13.0. The Kier molecular flexibility index (Phi) is 9.25. The maximum absolute atomic E-state index is 13.1. The number of nitrogen functional groups attached to an aromatic ring is 1. The Morgan fingerprint density at radius 2 is 1.68 bits per heavy atom. The summed E-state index contributed by atoms with van der Waals surface area (Å²) in [5.74, 6) is -0.160. The molecule has 0 radical (unpaired) electrons. The van der Waals surface area contributed by atoms with Gasteiger partial charge in [0.25, 0.3) is 0 Å². The average molecular weight is 540 g/mol. The third-order valence-corrected chi connectivity index (χ3v) is 6.59. The zero-order valence-electron chi connectivity index (χ0n) is 22.5. The fourth-order valence-electron chi connectivity index (χ4n) is 4.47. The van der Waals surface area contributed by atoms with Gasteiger partial charge in [0, 0.05) is 5.39 Å². The van der Waals surface area contributed by atoms with Crippen LogP contribution in [0.1, 0.15) is 31.4 Å². The van der Waals surface area contributed by atoms with Crippen LogP contribution in [0.5, 0.6) is 11.5 Å². The van der Waals surface area contributed by atoms with E-state index in [2.05, 4.69) is 10.6 Å². The number of fused-ring (bicyclic) bond motifs is 1. The maximum Gasteiger partial charge on any atom is 0.412 e. The minimum absolute atomic E-state index is 0.0491. The number of methoxy groups -OCH3 is 1. The lowest BCUT2D eigenvalue weighted by Crippen LogP contribution is -2.22. The monoisotopic (exact) mass is 539 g/mol. The van der Waals surface area contributed by atoms with Gasteiger partial charge in [-0.1, -0.05) is 67.6 Å². The summed E-state index contributed by atoms with van der Waals surface area (Å²) >= 11 is 0. The van der Waals surface area contributed by atoms with Crippen LogP contribution in [0.2, 0.25) is 0 Å². The van der Waals surface area contributed by atoms with Gasteiger partial charge in [-0.25, -0.2) is 4.79 Å². The molecule has 40 heavy (non-hydrogen) atoms. The molecule has 8 nitrogen and oxygen atoms in total. The van der Waals surface area contributed by atoms with Gasteiger partial charge < -0.3 is 25.6 Å². The first-order chi connectivity index (χ1) is 19.4. The summed E-state index contributed by atoms with van der Waals surface area (Å²) in [6.45, 7) is 1.95. The fourth-order valence-corrected chi connectivity index (χ4v) is 4.47. The molecule has 2 atom stereocenters. The number of amides is 2. The molecule has 0 aliphatic carbocycles. The predicted octanol–water partition coefficient (Wildman–Crippen LogP) is 7.04. The normalized spacial score (nSPS) is 12.6. The molecule has 206 valence electrons. The van der Waals surface area contributed by atoms with Crippen molar-refractivity contribution in [1.82, 2.24) is 0 Å². The van der Waals surface area contributed by atoms with Crippen LogP contribution in [-0.4, -0.2) is 24.2 Å². The number of hydrogen-bond donors (Lipinski definition) is 4. The van der Waals surface area contributed by atoms with E-state index in [0.717, 1.165) is 10.8 Å². The number of anilines is 3. The highest BCUT2D eigenvalue weighted by molar-refractivity contribution is 6.01. The van der Waals surface area contributed by atoms with Crippen molar-refractivity contribution in [1.29, 1.82) is 0 Å². The van der Waals surface area contributed by atoms with Crippen LogP contribution in [0.15, 0.2) is 97.1 Å². The number of phenolic OH excluding ortho intramolecular Hbond substituents is 1. The Labute approximate surface area is 233 Å². The molecule has 0 saturated heterocycles. The molecule has 4 aromatic rings. The van der Waals surface area contributed by atoms with Crippen molar-refractivity contribution >= 4 is 39.8 Å². The molecule has 0 spiro atoms. The highest BCUT2D eigenvalue weighted by atomic mass is 16.6. The lowest BCUT2D eigenvalue weighted by Gasteiger charge is -2.25. The summed E-state index contributed by atoms with van der Waals surface area (Å²) in [4.78, 5) is 25.4. The summed E-state index contributed by atoms with van der Waals surface area (Å²) in [6, 6.07) is 25.4. The van der Waals surface area contributed by atoms with E-state index in [-0.39, 0.29) is 17.6 Å². The number of carbonyl (C=O) groups is 2. The van der Waals surface area contributed by atoms with E-state index in [4.69, 9.17) is 15.2 Å². The lowest BCUT2D eigenvalue weighted by molar-refractivity contribution is -0.111. The summed E-state index contributed by atoms with van der Waals surface area (Å²) < 4.78 is 11.1. The largest absolute Gasteiger partial charge is 0.504 e. The van der Waals surface area contributed by atoms with Gasteiger partial charge in [0.1, 0.15) is 6.10 Å². The molecular weight excluding hydrogens is 506 g/mol. The van der Waals surface area contributed by atoms with Gasteiger partial charge in [0.2, 0.25) is 5.91 Å². The molecule has 0 aromatic heterocycles. The van der Waals surface area contributed by atoms with E-state index in [0.29, 0.717) is 41.2 Å². The number of para-hydroxylation sites is 2. The van der Waals surface area contributed by atoms with Crippen molar-refractivity contribution in [3.63, 3.8) is 0 Å². The first kappa shape index (κ1) is 28.0. The topological polar surface area (TPSA) is 123 Å². The van der Waals surface area contributed by atoms with Gasteiger partial charge in [0.05, 0.1) is 24.2 Å². The van der Waals surface area contributed by atoms with Crippen molar-refractivity contribution in [2.45, 2.75) is 25.9 Å². The Balaban J connectivity index is 1.45. The summed E-state index contributed by atoms with van der Waals surface area (Å²) in [7, 11) is 1.47. The number of hydrogen-bond acceptors (Lipinski definition) is 6. The van der Waals surface area contributed by atoms with E-state index < -0.39 is 12.2 Å². The molecule has 0 unspecified atom stereocenters. The van der Waals surface area contributed by atoms with Crippen LogP contribution >= 0.6 is 0 Å². The zero-order chi connectivity index (χ0) is 28.5. The van der Waals surface area contributed by atoms with E-state index in [1.807, 2.05) is 49.4 Å². The molecule has 8 heteroatoms.